The summed E-state index contributed by atoms with van der Waals surface area (Å²) in [6.45, 7) is 3.03. The van der Waals surface area contributed by atoms with Crippen LogP contribution in [0.2, 0.25) is 0 Å². The fourth-order valence-electron chi connectivity index (χ4n) is 3.58. The summed E-state index contributed by atoms with van der Waals surface area (Å²) in [5.41, 5.74) is 1.53. The molecule has 4 rings (SSSR count). The van der Waals surface area contributed by atoms with Crippen molar-refractivity contribution in [3.8, 4) is 5.75 Å². The standard InChI is InChI=1S/C23H23N3O3S.C2HF3O2/c1-3-4-13-26-17-11-6-5-10-16(17)20-18(23(26)28)19(29-2)21(30-20)22(27)25-14-15-9-7-8-12-24-15;3-2(4,5)1(6)7/h5-12H,3-4,13-14H2,1-2H3,(H,25,27);(H,6,7). The molecule has 0 bridgehead atoms. The molecule has 0 aliphatic heterocycles. The van der Waals surface area contributed by atoms with Crippen molar-refractivity contribution < 1.29 is 32.6 Å². The Bertz CT molecular complexity index is 1470. The van der Waals surface area contributed by atoms with Crippen LogP contribution in [0.1, 0.15) is 35.1 Å². The molecule has 0 spiro atoms. The van der Waals surface area contributed by atoms with Crippen molar-refractivity contribution in [2.45, 2.75) is 39.0 Å². The number of benzene rings is 1. The lowest BCUT2D eigenvalue weighted by Gasteiger charge is -2.11. The van der Waals surface area contributed by atoms with E-state index in [1.54, 1.807) is 10.8 Å². The van der Waals surface area contributed by atoms with E-state index in [2.05, 4.69) is 17.2 Å². The van der Waals surface area contributed by atoms with Crippen LogP contribution in [0.15, 0.2) is 53.5 Å². The van der Waals surface area contributed by atoms with Gasteiger partial charge in [-0.25, -0.2) is 4.79 Å². The predicted octanol–water partition coefficient (Wildman–Crippen LogP) is 4.98. The third kappa shape index (κ3) is 6.26. The van der Waals surface area contributed by atoms with Crippen molar-refractivity contribution >= 4 is 44.2 Å². The highest BCUT2D eigenvalue weighted by molar-refractivity contribution is 7.22. The number of thiophene rings is 1. The number of aromatic nitrogens is 2. The molecule has 196 valence electrons. The van der Waals surface area contributed by atoms with Crippen LogP contribution < -0.4 is 15.6 Å². The Labute approximate surface area is 213 Å². The topological polar surface area (TPSA) is 111 Å². The number of ether oxygens (including phenoxy) is 1. The molecule has 0 aliphatic carbocycles. The normalized spacial score (nSPS) is 11.2. The molecule has 0 atom stereocenters. The second-order valence-electron chi connectivity index (χ2n) is 7.80. The number of methoxy groups -OCH3 is 1. The lowest BCUT2D eigenvalue weighted by atomic mass is 10.1. The maximum Gasteiger partial charge on any atom is 0.490 e. The van der Waals surface area contributed by atoms with Crippen LogP contribution in [-0.4, -0.2) is 39.8 Å². The van der Waals surface area contributed by atoms with Crippen LogP contribution in [0.25, 0.3) is 21.0 Å². The number of rotatable bonds is 7. The molecule has 8 nitrogen and oxygen atoms in total. The number of alkyl halides is 3. The van der Waals surface area contributed by atoms with Crippen LogP contribution in [0.5, 0.6) is 5.75 Å². The van der Waals surface area contributed by atoms with Gasteiger partial charge in [-0.3, -0.25) is 14.6 Å². The lowest BCUT2D eigenvalue weighted by molar-refractivity contribution is -0.192. The van der Waals surface area contributed by atoms with Crippen LogP contribution in [0, 0.1) is 0 Å². The van der Waals surface area contributed by atoms with Gasteiger partial charge in [-0.05, 0) is 24.6 Å². The van der Waals surface area contributed by atoms with Crippen molar-refractivity contribution in [1.29, 1.82) is 0 Å². The first kappa shape index (κ1) is 27.7. The molecule has 0 radical (unpaired) electrons. The Morgan fingerprint density at radius 2 is 1.84 bits per heavy atom. The predicted molar refractivity (Wildman–Crippen MR) is 134 cm³/mol. The molecule has 37 heavy (non-hydrogen) atoms. The van der Waals surface area contributed by atoms with Crippen molar-refractivity contribution in [3.63, 3.8) is 0 Å². The Morgan fingerprint density at radius 3 is 2.43 bits per heavy atom. The third-order valence-corrected chi connectivity index (χ3v) is 6.51. The summed E-state index contributed by atoms with van der Waals surface area (Å²) >= 11 is 1.30. The van der Waals surface area contributed by atoms with Gasteiger partial charge in [-0.2, -0.15) is 13.2 Å². The Morgan fingerprint density at radius 1 is 1.16 bits per heavy atom. The van der Waals surface area contributed by atoms with E-state index in [0.29, 0.717) is 29.1 Å². The van der Waals surface area contributed by atoms with E-state index >= 15 is 0 Å². The number of nitrogens with one attached hydrogen (secondary N) is 1. The van der Waals surface area contributed by atoms with E-state index in [0.717, 1.165) is 34.1 Å². The minimum atomic E-state index is -5.08. The number of pyridine rings is 2. The molecule has 0 saturated carbocycles. The highest BCUT2D eigenvalue weighted by atomic mass is 32.1. The number of aryl methyl sites for hydroxylation is 1. The molecule has 3 heterocycles. The Hall–Kier alpha value is -3.93. The molecule has 1 aromatic carbocycles. The lowest BCUT2D eigenvalue weighted by Crippen LogP contribution is -2.23. The molecule has 3 aromatic heterocycles. The van der Waals surface area contributed by atoms with Crippen molar-refractivity contribution in [2.24, 2.45) is 0 Å². The number of para-hydroxylation sites is 1. The number of carbonyl (C=O) groups is 2. The maximum absolute atomic E-state index is 13.4. The van der Waals surface area contributed by atoms with E-state index in [1.807, 2.05) is 42.5 Å². The van der Waals surface area contributed by atoms with Gasteiger partial charge in [0.15, 0.2) is 5.75 Å². The molecular formula is C25H24F3N3O5S. The van der Waals surface area contributed by atoms with Crippen LogP contribution >= 0.6 is 11.3 Å². The molecule has 0 unspecified atom stereocenters. The molecule has 0 saturated heterocycles. The van der Waals surface area contributed by atoms with Crippen LogP contribution in [0.4, 0.5) is 13.2 Å². The van der Waals surface area contributed by atoms with E-state index in [9.17, 15) is 22.8 Å². The van der Waals surface area contributed by atoms with E-state index in [4.69, 9.17) is 14.6 Å². The van der Waals surface area contributed by atoms with E-state index in [-0.39, 0.29) is 11.5 Å². The van der Waals surface area contributed by atoms with Gasteiger partial charge in [0.05, 0.1) is 29.6 Å². The summed E-state index contributed by atoms with van der Waals surface area (Å²) in [7, 11) is 1.50. The van der Waals surface area contributed by atoms with Gasteiger partial charge in [0.2, 0.25) is 0 Å². The molecule has 12 heteroatoms. The SMILES string of the molecule is CCCCn1c(=O)c2c(OC)c(C(=O)NCc3ccccn3)sc2c2ccccc21.O=C(O)C(F)(F)F. The number of carboxylic acid groups (broad SMARTS) is 1. The molecular weight excluding hydrogens is 511 g/mol. The molecule has 1 amide bonds. The first-order valence-electron chi connectivity index (χ1n) is 11.2. The average Bonchev–Trinajstić information content (AvgIpc) is 3.28. The summed E-state index contributed by atoms with van der Waals surface area (Å²) in [5.74, 6) is -2.69. The third-order valence-electron chi connectivity index (χ3n) is 5.31. The molecule has 0 aliphatic rings. The number of fused-ring (bicyclic) bond motifs is 3. The van der Waals surface area contributed by atoms with Crippen molar-refractivity contribution in [3.05, 3.63) is 69.6 Å². The fourth-order valence-corrected chi connectivity index (χ4v) is 4.79. The second kappa shape index (κ2) is 11.9. The minimum absolute atomic E-state index is 0.117. The Kier molecular flexibility index (Phi) is 8.87. The molecule has 2 N–H and O–H groups in total. The zero-order chi connectivity index (χ0) is 27.2. The summed E-state index contributed by atoms with van der Waals surface area (Å²) in [6, 6.07) is 13.4. The first-order valence-corrected chi connectivity index (χ1v) is 12.0. The van der Waals surface area contributed by atoms with Crippen molar-refractivity contribution in [1.82, 2.24) is 14.9 Å². The largest absolute Gasteiger partial charge is 0.494 e. The zero-order valence-electron chi connectivity index (χ0n) is 20.0. The van der Waals surface area contributed by atoms with Gasteiger partial charge in [0.1, 0.15) is 10.3 Å². The number of amides is 1. The van der Waals surface area contributed by atoms with Gasteiger partial charge < -0.3 is 19.7 Å². The summed E-state index contributed by atoms with van der Waals surface area (Å²) in [5, 5.41) is 11.4. The Balaban J connectivity index is 0.000000479. The van der Waals surface area contributed by atoms with E-state index in [1.165, 1.54) is 18.4 Å². The fraction of sp³-hybridized carbons (Fsp3) is 0.280. The maximum atomic E-state index is 13.4. The second-order valence-corrected chi connectivity index (χ2v) is 8.82. The number of aliphatic carboxylic acids is 1. The number of nitrogens with zero attached hydrogens (tertiary/aromatic N) is 2. The van der Waals surface area contributed by atoms with E-state index < -0.39 is 12.1 Å². The molecule has 4 aromatic rings. The number of hydrogen-bond acceptors (Lipinski definition) is 6. The quantitative estimate of drug-likeness (QED) is 0.345. The average molecular weight is 536 g/mol. The molecule has 0 fully saturated rings. The number of unbranched alkanes of at least 4 members (excludes halogenated alkanes) is 1. The number of carboxylic acids is 1. The van der Waals surface area contributed by atoms with Crippen molar-refractivity contribution in [2.75, 3.05) is 7.11 Å². The van der Waals surface area contributed by atoms with Crippen LogP contribution in [0.3, 0.4) is 0 Å². The number of halogens is 3. The number of hydrogen-bond donors (Lipinski definition) is 2. The summed E-state index contributed by atoms with van der Waals surface area (Å²) in [4.78, 5) is 39.9. The highest BCUT2D eigenvalue weighted by Crippen LogP contribution is 2.39. The summed E-state index contributed by atoms with van der Waals surface area (Å²) < 4.78 is 39.9. The van der Waals surface area contributed by atoms with Gasteiger partial charge >= 0.3 is 12.1 Å². The summed E-state index contributed by atoms with van der Waals surface area (Å²) in [6.07, 6.45) is -1.51. The monoisotopic (exact) mass is 535 g/mol. The minimum Gasteiger partial charge on any atom is -0.494 e. The highest BCUT2D eigenvalue weighted by Gasteiger charge is 2.38. The zero-order valence-corrected chi connectivity index (χ0v) is 20.8. The van der Waals surface area contributed by atoms with Crippen LogP contribution in [-0.2, 0) is 17.9 Å². The van der Waals surface area contributed by atoms with Gasteiger partial charge in [-0.1, -0.05) is 37.6 Å². The van der Waals surface area contributed by atoms with Gasteiger partial charge in [0, 0.05) is 18.1 Å². The van der Waals surface area contributed by atoms with Gasteiger partial charge in [-0.15, -0.1) is 11.3 Å². The van der Waals surface area contributed by atoms with Gasteiger partial charge in [0.25, 0.3) is 11.5 Å². The first-order chi connectivity index (χ1) is 17.6. The smallest absolute Gasteiger partial charge is 0.490 e. The number of carbonyl (C=O) groups excluding carboxylic acids is 1.